The second-order valence-electron chi connectivity index (χ2n) is 7.09. The van der Waals surface area contributed by atoms with Crippen molar-refractivity contribution in [3.05, 3.63) is 92.1 Å². The van der Waals surface area contributed by atoms with Gasteiger partial charge >= 0.3 is 0 Å². The summed E-state index contributed by atoms with van der Waals surface area (Å²) in [6, 6.07) is 22.2. The smallest absolute Gasteiger partial charge is 0.266 e. The van der Waals surface area contributed by atoms with E-state index in [1.807, 2.05) is 43.3 Å². The fourth-order valence-corrected chi connectivity index (χ4v) is 3.89. The molecule has 1 N–H and O–H groups in total. The number of carbonyl (C=O) groups excluding carboxylic acids is 1. The van der Waals surface area contributed by atoms with Gasteiger partial charge in [0.1, 0.15) is 18.2 Å². The number of nitriles is 2. The molecule has 0 saturated heterocycles. The molecule has 3 aromatic carbocycles. The Morgan fingerprint density at radius 3 is 2.61 bits per heavy atom. The molecule has 0 saturated carbocycles. The molecule has 0 bridgehead atoms. The number of rotatable bonds is 7. The van der Waals surface area contributed by atoms with Gasteiger partial charge in [-0.15, -0.1) is 0 Å². The van der Waals surface area contributed by atoms with Gasteiger partial charge in [-0.25, -0.2) is 0 Å². The molecule has 3 aromatic rings. The zero-order chi connectivity index (χ0) is 23.8. The number of methoxy groups -OCH3 is 1. The number of aryl methyl sites for hydroxylation is 1. The second-order valence-corrected chi connectivity index (χ2v) is 8.25. The van der Waals surface area contributed by atoms with Crippen molar-refractivity contribution in [1.82, 2.24) is 0 Å². The van der Waals surface area contributed by atoms with Crippen LogP contribution >= 0.6 is 22.6 Å². The van der Waals surface area contributed by atoms with Crippen molar-refractivity contribution in [2.24, 2.45) is 0 Å². The zero-order valence-corrected chi connectivity index (χ0v) is 20.2. The molecule has 0 aromatic heterocycles. The van der Waals surface area contributed by atoms with E-state index in [1.54, 1.807) is 30.3 Å². The molecule has 6 nitrogen and oxygen atoms in total. The number of nitrogens with one attached hydrogen (secondary N) is 1. The highest BCUT2D eigenvalue weighted by Crippen LogP contribution is 2.35. The molecule has 7 heteroatoms. The fraction of sp³-hybridized carbons (Fsp3) is 0.115. The van der Waals surface area contributed by atoms with Crippen LogP contribution in [0.25, 0.3) is 6.08 Å². The van der Waals surface area contributed by atoms with Crippen molar-refractivity contribution in [3.8, 4) is 23.6 Å². The van der Waals surface area contributed by atoms with Gasteiger partial charge < -0.3 is 14.8 Å². The van der Waals surface area contributed by atoms with Gasteiger partial charge in [0.25, 0.3) is 5.91 Å². The van der Waals surface area contributed by atoms with Crippen LogP contribution in [0.2, 0.25) is 0 Å². The van der Waals surface area contributed by atoms with Gasteiger partial charge in [0.05, 0.1) is 22.3 Å². The summed E-state index contributed by atoms with van der Waals surface area (Å²) in [5.41, 5.74) is 3.52. The third-order valence-corrected chi connectivity index (χ3v) is 5.51. The van der Waals surface area contributed by atoms with Crippen molar-refractivity contribution in [2.75, 3.05) is 12.4 Å². The van der Waals surface area contributed by atoms with Gasteiger partial charge in [0, 0.05) is 11.3 Å². The van der Waals surface area contributed by atoms with E-state index in [9.17, 15) is 15.3 Å². The Balaban J connectivity index is 1.84. The molecule has 0 atom stereocenters. The van der Waals surface area contributed by atoms with E-state index in [4.69, 9.17) is 9.47 Å². The first-order valence-corrected chi connectivity index (χ1v) is 11.0. The van der Waals surface area contributed by atoms with Crippen LogP contribution in [0.1, 0.15) is 22.3 Å². The topological polar surface area (TPSA) is 95.1 Å². The average molecular weight is 549 g/mol. The van der Waals surface area contributed by atoms with Crippen molar-refractivity contribution < 1.29 is 14.3 Å². The molecule has 0 fully saturated rings. The molecule has 33 heavy (non-hydrogen) atoms. The monoisotopic (exact) mass is 549 g/mol. The first kappa shape index (κ1) is 23.8. The Kier molecular flexibility index (Phi) is 8.06. The summed E-state index contributed by atoms with van der Waals surface area (Å²) in [7, 11) is 1.52. The summed E-state index contributed by atoms with van der Waals surface area (Å²) in [6.45, 7) is 2.13. The van der Waals surface area contributed by atoms with Crippen LogP contribution in [0.15, 0.2) is 66.2 Å². The van der Waals surface area contributed by atoms with Gasteiger partial charge in [-0.1, -0.05) is 30.3 Å². The molecule has 0 aliphatic rings. The van der Waals surface area contributed by atoms with Crippen molar-refractivity contribution in [3.63, 3.8) is 0 Å². The molecule has 164 valence electrons. The normalized spacial score (nSPS) is 10.6. The highest BCUT2D eigenvalue weighted by molar-refractivity contribution is 14.1. The third kappa shape index (κ3) is 6.12. The Morgan fingerprint density at radius 1 is 1.12 bits per heavy atom. The lowest BCUT2D eigenvalue weighted by atomic mass is 10.1. The number of amides is 1. The molecular formula is C26H20IN3O3. The van der Waals surface area contributed by atoms with Crippen molar-refractivity contribution in [2.45, 2.75) is 13.5 Å². The van der Waals surface area contributed by atoms with E-state index in [2.05, 4.69) is 34.0 Å². The predicted octanol–water partition coefficient (Wildman–Crippen LogP) is 5.60. The quantitative estimate of drug-likeness (QED) is 0.235. The summed E-state index contributed by atoms with van der Waals surface area (Å²) >= 11 is 2.11. The largest absolute Gasteiger partial charge is 0.493 e. The summed E-state index contributed by atoms with van der Waals surface area (Å²) in [6.07, 6.45) is 1.50. The molecule has 0 aliphatic heterocycles. The van der Waals surface area contributed by atoms with Crippen molar-refractivity contribution >= 4 is 40.3 Å². The van der Waals surface area contributed by atoms with E-state index in [0.29, 0.717) is 28.3 Å². The van der Waals surface area contributed by atoms with E-state index in [-0.39, 0.29) is 12.2 Å². The number of nitrogens with zero attached hydrogens (tertiary/aromatic N) is 2. The number of carbonyl (C=O) groups is 1. The first-order chi connectivity index (χ1) is 15.9. The maximum absolute atomic E-state index is 12.6. The van der Waals surface area contributed by atoms with Crippen LogP contribution in [0.4, 0.5) is 5.69 Å². The van der Waals surface area contributed by atoms with Crippen LogP contribution in [0, 0.1) is 33.2 Å². The molecule has 1 amide bonds. The van der Waals surface area contributed by atoms with Gasteiger partial charge in [-0.2, -0.15) is 10.5 Å². The fourth-order valence-electron chi connectivity index (χ4n) is 3.10. The number of benzene rings is 3. The van der Waals surface area contributed by atoms with E-state index in [1.165, 1.54) is 13.2 Å². The van der Waals surface area contributed by atoms with Gasteiger partial charge in [0.15, 0.2) is 11.5 Å². The van der Waals surface area contributed by atoms with Gasteiger partial charge in [-0.3, -0.25) is 4.79 Å². The van der Waals surface area contributed by atoms with Crippen LogP contribution in [-0.4, -0.2) is 13.0 Å². The average Bonchev–Trinajstić information content (AvgIpc) is 2.81. The molecule has 0 aliphatic carbocycles. The minimum Gasteiger partial charge on any atom is -0.493 e. The number of anilines is 1. The van der Waals surface area contributed by atoms with Crippen LogP contribution in [0.5, 0.6) is 11.5 Å². The lowest BCUT2D eigenvalue weighted by Crippen LogP contribution is -2.13. The van der Waals surface area contributed by atoms with Gasteiger partial charge in [0.2, 0.25) is 0 Å². The minimum absolute atomic E-state index is 0.0361. The second kappa shape index (κ2) is 11.2. The highest BCUT2D eigenvalue weighted by atomic mass is 127. The molecule has 0 radical (unpaired) electrons. The predicted molar refractivity (Wildman–Crippen MR) is 135 cm³/mol. The standard InChI is InChI=1S/C26H20IN3O3/c1-17-6-5-9-22(10-17)30-26(31)21(15-29)11-18-12-23(27)25(24(13-18)32-2)33-16-20-8-4-3-7-19(20)14-28/h3-13H,16H2,1-2H3,(H,30,31)/b21-11-. The Bertz CT molecular complexity index is 1300. The summed E-state index contributed by atoms with van der Waals surface area (Å²) in [5, 5.41) is 21.6. The molecule has 0 unspecified atom stereocenters. The number of hydrogen-bond donors (Lipinski definition) is 1. The summed E-state index contributed by atoms with van der Waals surface area (Å²) in [4.78, 5) is 12.6. The number of hydrogen-bond acceptors (Lipinski definition) is 5. The molecule has 0 spiro atoms. The molecular weight excluding hydrogens is 529 g/mol. The SMILES string of the molecule is COc1cc(/C=C(/C#N)C(=O)Nc2cccc(C)c2)cc(I)c1OCc1ccccc1C#N. The zero-order valence-electron chi connectivity index (χ0n) is 18.1. The van der Waals surface area contributed by atoms with Gasteiger partial charge in [-0.05, 0) is 77.0 Å². The first-order valence-electron chi connectivity index (χ1n) is 9.93. The third-order valence-electron chi connectivity index (χ3n) is 4.71. The Hall–Kier alpha value is -3.82. The van der Waals surface area contributed by atoms with Crippen LogP contribution < -0.4 is 14.8 Å². The van der Waals surface area contributed by atoms with Crippen molar-refractivity contribution in [1.29, 1.82) is 10.5 Å². The molecule has 0 heterocycles. The maximum Gasteiger partial charge on any atom is 0.266 e. The Labute approximate surface area is 206 Å². The van der Waals surface area contributed by atoms with E-state index in [0.717, 1.165) is 14.7 Å². The molecule has 3 rings (SSSR count). The van der Waals surface area contributed by atoms with E-state index < -0.39 is 5.91 Å². The Morgan fingerprint density at radius 2 is 1.91 bits per heavy atom. The lowest BCUT2D eigenvalue weighted by Gasteiger charge is -2.14. The lowest BCUT2D eigenvalue weighted by molar-refractivity contribution is -0.112. The van der Waals surface area contributed by atoms with Crippen LogP contribution in [0.3, 0.4) is 0 Å². The highest BCUT2D eigenvalue weighted by Gasteiger charge is 2.15. The summed E-state index contributed by atoms with van der Waals surface area (Å²) < 4.78 is 12.2. The van der Waals surface area contributed by atoms with Crippen LogP contribution in [-0.2, 0) is 11.4 Å². The van der Waals surface area contributed by atoms with E-state index >= 15 is 0 Å². The number of halogens is 1. The minimum atomic E-state index is -0.495. The summed E-state index contributed by atoms with van der Waals surface area (Å²) in [5.74, 6) is 0.482. The number of ether oxygens (including phenoxy) is 2. The maximum atomic E-state index is 12.6.